The molecule has 0 saturated carbocycles. The lowest BCUT2D eigenvalue weighted by Crippen LogP contribution is -2.41. The molecule has 2 fully saturated rings. The van der Waals surface area contributed by atoms with E-state index in [1.54, 1.807) is 11.9 Å². The van der Waals surface area contributed by atoms with Gasteiger partial charge in [-0.05, 0) is 24.8 Å². The fourth-order valence-electron chi connectivity index (χ4n) is 3.64. The Morgan fingerprint density at radius 1 is 1.50 bits per heavy atom. The maximum atomic E-state index is 13.8. The van der Waals surface area contributed by atoms with Crippen LogP contribution >= 0.6 is 0 Å². The molecule has 2 aliphatic rings. The first-order valence-corrected chi connectivity index (χ1v) is 9.51. The van der Waals surface area contributed by atoms with Gasteiger partial charge in [-0.25, -0.2) is 9.18 Å². The molecule has 1 amide bonds. The van der Waals surface area contributed by atoms with Gasteiger partial charge in [-0.1, -0.05) is 39.5 Å². The summed E-state index contributed by atoms with van der Waals surface area (Å²) in [6, 6.07) is 0. The number of amides is 1. The predicted octanol–water partition coefficient (Wildman–Crippen LogP) is 3.62. The van der Waals surface area contributed by atoms with Crippen LogP contribution in [-0.2, 0) is 9.47 Å². The fraction of sp³-hybridized carbons (Fsp3) is 0.750. The standard InChI is InChI=1S/C20H33FN2O3/c1-6-23(12-9-16-14-22(5)19(24)26-16)11-7-8-17-18(15(2)21)25-13-10-20(17,3)4/h7-8,16-18H,2,6,9-14H2,1,3-5H3/b8-7+. The monoisotopic (exact) mass is 368 g/mol. The molecule has 0 spiro atoms. The average molecular weight is 368 g/mol. The first-order valence-electron chi connectivity index (χ1n) is 9.51. The molecule has 0 bridgehead atoms. The number of cyclic esters (lactones) is 1. The van der Waals surface area contributed by atoms with Crippen molar-refractivity contribution in [3.63, 3.8) is 0 Å². The summed E-state index contributed by atoms with van der Waals surface area (Å²) in [5, 5.41) is 0. The summed E-state index contributed by atoms with van der Waals surface area (Å²) >= 11 is 0. The van der Waals surface area contributed by atoms with Gasteiger partial charge in [-0.3, -0.25) is 4.90 Å². The highest BCUT2D eigenvalue weighted by atomic mass is 19.1. The van der Waals surface area contributed by atoms with E-state index in [1.807, 2.05) is 0 Å². The number of hydrogen-bond donors (Lipinski definition) is 0. The zero-order valence-electron chi connectivity index (χ0n) is 16.5. The molecule has 5 nitrogen and oxygen atoms in total. The van der Waals surface area contributed by atoms with Crippen molar-refractivity contribution >= 4 is 6.09 Å². The molecule has 0 radical (unpaired) electrons. The van der Waals surface area contributed by atoms with Crippen molar-refractivity contribution in [1.29, 1.82) is 0 Å². The van der Waals surface area contributed by atoms with E-state index < -0.39 is 11.9 Å². The first kappa shape index (κ1) is 20.9. The van der Waals surface area contributed by atoms with Gasteiger partial charge >= 0.3 is 6.09 Å². The van der Waals surface area contributed by atoms with Crippen molar-refractivity contribution in [2.75, 3.05) is 39.8 Å². The van der Waals surface area contributed by atoms with Crippen LogP contribution in [0.15, 0.2) is 24.6 Å². The minimum absolute atomic E-state index is 0.0168. The highest BCUT2D eigenvalue weighted by Crippen LogP contribution is 2.41. The van der Waals surface area contributed by atoms with Crippen molar-refractivity contribution in [3.8, 4) is 0 Å². The van der Waals surface area contributed by atoms with Crippen LogP contribution in [0.2, 0.25) is 0 Å². The topological polar surface area (TPSA) is 42.0 Å². The molecule has 0 N–H and O–H groups in total. The summed E-state index contributed by atoms with van der Waals surface area (Å²) < 4.78 is 24.7. The Labute approximate surface area is 156 Å². The molecule has 6 heteroatoms. The molecule has 26 heavy (non-hydrogen) atoms. The summed E-state index contributed by atoms with van der Waals surface area (Å²) in [6.07, 6.45) is 5.08. The van der Waals surface area contributed by atoms with E-state index in [0.29, 0.717) is 13.2 Å². The molecule has 2 rings (SSSR count). The number of nitrogens with zero attached hydrogens (tertiary/aromatic N) is 2. The first-order chi connectivity index (χ1) is 12.2. The summed E-state index contributed by atoms with van der Waals surface area (Å²) in [4.78, 5) is 15.3. The van der Waals surface area contributed by atoms with E-state index in [1.165, 1.54) is 0 Å². The van der Waals surface area contributed by atoms with Gasteiger partial charge in [0, 0.05) is 32.7 Å². The van der Waals surface area contributed by atoms with Gasteiger partial charge in [0.1, 0.15) is 18.0 Å². The number of halogens is 1. The molecular formula is C20H33FN2O3. The van der Waals surface area contributed by atoms with Crippen molar-refractivity contribution in [2.24, 2.45) is 11.3 Å². The zero-order valence-corrected chi connectivity index (χ0v) is 16.5. The molecule has 0 aromatic heterocycles. The highest BCUT2D eigenvalue weighted by Gasteiger charge is 2.39. The number of carbonyl (C=O) groups is 1. The van der Waals surface area contributed by atoms with E-state index in [2.05, 4.69) is 44.4 Å². The van der Waals surface area contributed by atoms with Crippen LogP contribution in [0.5, 0.6) is 0 Å². The van der Waals surface area contributed by atoms with Crippen molar-refractivity contribution < 1.29 is 18.7 Å². The highest BCUT2D eigenvalue weighted by molar-refractivity contribution is 5.69. The van der Waals surface area contributed by atoms with E-state index in [0.717, 1.165) is 32.5 Å². The predicted molar refractivity (Wildman–Crippen MR) is 101 cm³/mol. The third-order valence-corrected chi connectivity index (χ3v) is 5.56. The van der Waals surface area contributed by atoms with Gasteiger partial charge in [0.05, 0.1) is 6.54 Å². The van der Waals surface area contributed by atoms with Gasteiger partial charge < -0.3 is 14.4 Å². The van der Waals surface area contributed by atoms with Gasteiger partial charge in [0.15, 0.2) is 0 Å². The second-order valence-electron chi connectivity index (χ2n) is 8.00. The van der Waals surface area contributed by atoms with E-state index >= 15 is 0 Å². The van der Waals surface area contributed by atoms with Crippen LogP contribution in [0.4, 0.5) is 9.18 Å². The summed E-state index contributed by atoms with van der Waals surface area (Å²) in [6.45, 7) is 13.7. The second kappa shape index (κ2) is 9.00. The van der Waals surface area contributed by atoms with E-state index in [4.69, 9.17) is 9.47 Å². The summed E-state index contributed by atoms with van der Waals surface area (Å²) in [7, 11) is 1.76. The summed E-state index contributed by atoms with van der Waals surface area (Å²) in [5.74, 6) is -0.413. The molecule has 0 aliphatic carbocycles. The van der Waals surface area contributed by atoms with Crippen LogP contribution < -0.4 is 0 Å². The Hall–Kier alpha value is -1.40. The lowest BCUT2D eigenvalue weighted by Gasteiger charge is -2.41. The number of rotatable bonds is 8. The average Bonchev–Trinajstić information content (AvgIpc) is 2.89. The molecule has 2 aliphatic heterocycles. The van der Waals surface area contributed by atoms with Gasteiger partial charge in [-0.2, -0.15) is 0 Å². The molecule has 3 unspecified atom stereocenters. The second-order valence-corrected chi connectivity index (χ2v) is 8.00. The fourth-order valence-corrected chi connectivity index (χ4v) is 3.64. The van der Waals surface area contributed by atoms with Crippen LogP contribution in [0.3, 0.4) is 0 Å². The minimum atomic E-state index is -0.557. The van der Waals surface area contributed by atoms with Crippen molar-refractivity contribution in [2.45, 2.75) is 45.8 Å². The van der Waals surface area contributed by atoms with Crippen LogP contribution in [-0.4, -0.2) is 67.9 Å². The number of carbonyl (C=O) groups excluding carboxylic acids is 1. The van der Waals surface area contributed by atoms with E-state index in [9.17, 15) is 9.18 Å². The Bertz CT molecular complexity index is 535. The quantitative estimate of drug-likeness (QED) is 0.614. The molecule has 3 atom stereocenters. The smallest absolute Gasteiger partial charge is 0.409 e. The number of hydrogen-bond acceptors (Lipinski definition) is 4. The molecule has 0 aromatic rings. The molecule has 148 valence electrons. The molecular weight excluding hydrogens is 335 g/mol. The Morgan fingerprint density at radius 2 is 2.23 bits per heavy atom. The van der Waals surface area contributed by atoms with E-state index in [-0.39, 0.29) is 23.5 Å². The normalized spacial score (nSPS) is 28.8. The maximum Gasteiger partial charge on any atom is 0.409 e. The van der Waals surface area contributed by atoms with Crippen molar-refractivity contribution in [3.05, 3.63) is 24.6 Å². The molecule has 2 heterocycles. The Kier molecular flexibility index (Phi) is 7.24. The van der Waals surface area contributed by atoms with Gasteiger partial charge in [-0.15, -0.1) is 0 Å². The van der Waals surface area contributed by atoms with Crippen LogP contribution in [0.1, 0.15) is 33.6 Å². The Morgan fingerprint density at radius 3 is 2.81 bits per heavy atom. The lowest BCUT2D eigenvalue weighted by atomic mass is 9.71. The van der Waals surface area contributed by atoms with Gasteiger partial charge in [0.2, 0.25) is 0 Å². The molecule has 0 aromatic carbocycles. The minimum Gasteiger partial charge on any atom is -0.444 e. The van der Waals surface area contributed by atoms with Crippen molar-refractivity contribution in [1.82, 2.24) is 9.80 Å². The van der Waals surface area contributed by atoms with Gasteiger partial charge in [0.25, 0.3) is 0 Å². The molecule has 2 saturated heterocycles. The van der Waals surface area contributed by atoms with Crippen LogP contribution in [0, 0.1) is 11.3 Å². The maximum absolute atomic E-state index is 13.8. The Balaban J connectivity index is 1.87. The number of ether oxygens (including phenoxy) is 2. The number of likely N-dealkylation sites (N-methyl/N-ethyl adjacent to an activating group) is 2. The zero-order chi connectivity index (χ0) is 19.3. The SMILES string of the molecule is C=C(F)C1OCCC(C)(C)C1/C=C/CN(CC)CCC1CN(C)C(=O)O1. The third kappa shape index (κ3) is 5.30. The lowest BCUT2D eigenvalue weighted by molar-refractivity contribution is -0.0601. The third-order valence-electron chi connectivity index (χ3n) is 5.56. The largest absolute Gasteiger partial charge is 0.444 e. The van der Waals surface area contributed by atoms with Crippen LogP contribution in [0.25, 0.3) is 0 Å². The summed E-state index contributed by atoms with van der Waals surface area (Å²) in [5.41, 5.74) is -0.0197.